The topological polar surface area (TPSA) is 162 Å². The number of rotatable bonds is 12. The number of ether oxygens (including phenoxy) is 4. The van der Waals surface area contributed by atoms with Crippen molar-refractivity contribution in [3.05, 3.63) is 108 Å². The third kappa shape index (κ3) is 10.2. The van der Waals surface area contributed by atoms with Crippen LogP contribution in [0.4, 0.5) is 14.4 Å². The molecule has 0 bridgehead atoms. The number of hydrogen-bond donors (Lipinski definition) is 2. The van der Waals surface area contributed by atoms with Gasteiger partial charge in [-0.25, -0.2) is 24.1 Å². The van der Waals surface area contributed by atoms with Gasteiger partial charge in [0.15, 0.2) is 5.96 Å². The summed E-state index contributed by atoms with van der Waals surface area (Å²) in [6, 6.07) is 25.1. The second-order valence-corrected chi connectivity index (χ2v) is 9.21. The second kappa shape index (κ2) is 16.8. The van der Waals surface area contributed by atoms with Crippen LogP contribution in [0.1, 0.15) is 29.5 Å². The van der Waals surface area contributed by atoms with Crippen LogP contribution in [0.3, 0.4) is 0 Å². The molecular weight excluding hydrogens is 556 g/mol. The van der Waals surface area contributed by atoms with E-state index in [2.05, 4.69) is 0 Å². The van der Waals surface area contributed by atoms with Crippen LogP contribution in [0.5, 0.6) is 0 Å². The lowest BCUT2D eigenvalue weighted by Gasteiger charge is -2.27. The maximum Gasteiger partial charge on any atom is 0.420 e. The third-order valence-electron chi connectivity index (χ3n) is 6.16. The maximum absolute atomic E-state index is 13.2. The van der Waals surface area contributed by atoms with E-state index in [0.717, 1.165) is 17.6 Å². The molecule has 0 radical (unpaired) electrons. The fourth-order valence-corrected chi connectivity index (χ4v) is 3.95. The molecule has 0 aliphatic rings. The van der Waals surface area contributed by atoms with Gasteiger partial charge in [-0.15, -0.1) is 0 Å². The lowest BCUT2D eigenvalue weighted by molar-refractivity contribution is -0.146. The molecule has 0 fully saturated rings. The van der Waals surface area contributed by atoms with Crippen LogP contribution in [0.2, 0.25) is 0 Å². The number of esters is 1. The van der Waals surface area contributed by atoms with E-state index >= 15 is 0 Å². The molecule has 1 atom stereocenters. The first-order valence-electron chi connectivity index (χ1n) is 13.4. The number of guanidine groups is 1. The number of nitrogens with two attached hydrogens (primary N) is 1. The molecule has 226 valence electrons. The van der Waals surface area contributed by atoms with Gasteiger partial charge in [0.05, 0.1) is 7.11 Å². The summed E-state index contributed by atoms with van der Waals surface area (Å²) in [5.74, 6) is -1.48. The van der Waals surface area contributed by atoms with Crippen molar-refractivity contribution >= 4 is 30.2 Å². The highest BCUT2D eigenvalue weighted by atomic mass is 16.6. The predicted molar refractivity (Wildman–Crippen MR) is 155 cm³/mol. The number of amides is 3. The molecule has 0 unspecified atom stereocenters. The van der Waals surface area contributed by atoms with Crippen molar-refractivity contribution in [1.29, 1.82) is 5.41 Å². The van der Waals surface area contributed by atoms with E-state index < -0.39 is 36.3 Å². The normalized spacial score (nSPS) is 11.0. The first kappa shape index (κ1) is 32.1. The van der Waals surface area contributed by atoms with Crippen LogP contribution in [-0.4, -0.2) is 59.7 Å². The highest BCUT2D eigenvalue weighted by molar-refractivity contribution is 5.94. The lowest BCUT2D eigenvalue weighted by atomic mass is 10.1. The van der Waals surface area contributed by atoms with Crippen molar-refractivity contribution in [2.45, 2.75) is 38.7 Å². The first-order valence-corrected chi connectivity index (χ1v) is 13.4. The van der Waals surface area contributed by atoms with Gasteiger partial charge in [-0.05, 0) is 29.5 Å². The molecular formula is C31H34N4O8. The minimum absolute atomic E-state index is 0.0220. The van der Waals surface area contributed by atoms with Gasteiger partial charge in [0.1, 0.15) is 25.9 Å². The SMILES string of the molecule is COC(=O)[C@H](CCCN(C(=N)N)C(=O)OCc1ccccc1)N(C(=O)OCc1ccccc1)C(=O)OCc1ccccc1. The molecule has 43 heavy (non-hydrogen) atoms. The van der Waals surface area contributed by atoms with Gasteiger partial charge < -0.3 is 24.7 Å². The van der Waals surface area contributed by atoms with Crippen LogP contribution < -0.4 is 5.73 Å². The Labute approximate surface area is 249 Å². The average Bonchev–Trinajstić information content (AvgIpc) is 3.03. The van der Waals surface area contributed by atoms with Gasteiger partial charge in [-0.1, -0.05) is 91.0 Å². The van der Waals surface area contributed by atoms with Crippen LogP contribution in [0.15, 0.2) is 91.0 Å². The third-order valence-corrected chi connectivity index (χ3v) is 6.16. The number of nitrogens with one attached hydrogen (secondary N) is 1. The summed E-state index contributed by atoms with van der Waals surface area (Å²) in [5.41, 5.74) is 7.68. The van der Waals surface area contributed by atoms with Crippen LogP contribution in [0, 0.1) is 5.41 Å². The number of benzene rings is 3. The minimum atomic E-state index is -1.47. The number of imide groups is 1. The molecule has 0 heterocycles. The highest BCUT2D eigenvalue weighted by Gasteiger charge is 2.38. The zero-order valence-electron chi connectivity index (χ0n) is 23.7. The van der Waals surface area contributed by atoms with E-state index in [9.17, 15) is 19.2 Å². The standard InChI is InChI=1S/C31H34N4O8/c1-40-27(36)26(18-11-19-34(28(32)33)29(37)41-20-23-12-5-2-6-13-23)35(30(38)42-21-24-14-7-3-8-15-24)31(39)43-22-25-16-9-4-10-17-25/h2-10,12-17,26H,11,18-22H2,1H3,(H3,32,33)/t26-/m0/s1. The summed E-state index contributed by atoms with van der Waals surface area (Å²) >= 11 is 0. The Morgan fingerprint density at radius 2 is 1.09 bits per heavy atom. The minimum Gasteiger partial charge on any atom is -0.467 e. The Morgan fingerprint density at radius 3 is 1.47 bits per heavy atom. The second-order valence-electron chi connectivity index (χ2n) is 9.21. The molecule has 0 spiro atoms. The molecule has 3 N–H and O–H groups in total. The zero-order valence-corrected chi connectivity index (χ0v) is 23.7. The molecule has 0 aliphatic heterocycles. The molecule has 12 nitrogen and oxygen atoms in total. The number of methoxy groups -OCH3 is 1. The van der Waals surface area contributed by atoms with E-state index in [1.807, 2.05) is 6.07 Å². The average molecular weight is 591 g/mol. The monoisotopic (exact) mass is 590 g/mol. The summed E-state index contributed by atoms with van der Waals surface area (Å²) < 4.78 is 20.9. The Balaban J connectivity index is 1.72. The molecule has 3 rings (SSSR count). The zero-order chi connectivity index (χ0) is 31.0. The number of nitrogens with zero attached hydrogens (tertiary/aromatic N) is 2. The molecule has 0 saturated heterocycles. The quantitative estimate of drug-likeness (QED) is 0.130. The highest BCUT2D eigenvalue weighted by Crippen LogP contribution is 2.17. The Bertz CT molecular complexity index is 1300. The van der Waals surface area contributed by atoms with Gasteiger partial charge >= 0.3 is 24.2 Å². The van der Waals surface area contributed by atoms with E-state index in [0.29, 0.717) is 16.0 Å². The smallest absolute Gasteiger partial charge is 0.420 e. The number of carbonyl (C=O) groups is 4. The van der Waals surface area contributed by atoms with Crippen LogP contribution >= 0.6 is 0 Å². The number of carbonyl (C=O) groups excluding carboxylic acids is 4. The fourth-order valence-electron chi connectivity index (χ4n) is 3.95. The van der Waals surface area contributed by atoms with Crippen molar-refractivity contribution in [2.24, 2.45) is 5.73 Å². The van der Waals surface area contributed by atoms with E-state index in [4.69, 9.17) is 30.1 Å². The van der Waals surface area contributed by atoms with E-state index in [1.54, 1.807) is 84.9 Å². The fraction of sp³-hybridized carbons (Fsp3) is 0.258. The molecule has 0 aliphatic carbocycles. The number of hydrogen-bond acceptors (Lipinski definition) is 9. The molecule has 3 aromatic carbocycles. The summed E-state index contributed by atoms with van der Waals surface area (Å²) in [5, 5.41) is 7.82. The Morgan fingerprint density at radius 1 is 0.698 bits per heavy atom. The summed E-state index contributed by atoms with van der Waals surface area (Å²) in [4.78, 5) is 53.4. The van der Waals surface area contributed by atoms with Crippen LogP contribution in [0.25, 0.3) is 0 Å². The van der Waals surface area contributed by atoms with Crippen molar-refractivity contribution in [2.75, 3.05) is 13.7 Å². The molecule has 0 saturated carbocycles. The predicted octanol–water partition coefficient (Wildman–Crippen LogP) is 4.82. The van der Waals surface area contributed by atoms with Crippen molar-refractivity contribution in [3.8, 4) is 0 Å². The van der Waals surface area contributed by atoms with Gasteiger partial charge in [0.2, 0.25) is 0 Å². The van der Waals surface area contributed by atoms with Crippen molar-refractivity contribution in [1.82, 2.24) is 9.80 Å². The molecule has 12 heteroatoms. The molecule has 3 aromatic rings. The summed E-state index contributed by atoms with van der Waals surface area (Å²) in [7, 11) is 1.11. The van der Waals surface area contributed by atoms with Crippen molar-refractivity contribution < 1.29 is 38.1 Å². The lowest BCUT2D eigenvalue weighted by Crippen LogP contribution is -2.50. The van der Waals surface area contributed by atoms with E-state index in [-0.39, 0.29) is 39.2 Å². The van der Waals surface area contributed by atoms with E-state index in [1.165, 1.54) is 0 Å². The van der Waals surface area contributed by atoms with Crippen molar-refractivity contribution in [3.63, 3.8) is 0 Å². The first-order chi connectivity index (χ1) is 20.8. The molecule has 3 amide bonds. The Hall–Kier alpha value is -5.39. The molecule has 0 aromatic heterocycles. The van der Waals surface area contributed by atoms with Gasteiger partial charge in [-0.2, -0.15) is 4.90 Å². The summed E-state index contributed by atoms with van der Waals surface area (Å²) in [6.07, 6.45) is -3.25. The summed E-state index contributed by atoms with van der Waals surface area (Å²) in [6.45, 7) is -0.520. The maximum atomic E-state index is 13.2. The Kier molecular flexibility index (Phi) is 12.5. The largest absolute Gasteiger partial charge is 0.467 e. The van der Waals surface area contributed by atoms with Gasteiger partial charge in [-0.3, -0.25) is 5.41 Å². The van der Waals surface area contributed by atoms with Gasteiger partial charge in [0.25, 0.3) is 0 Å². The van der Waals surface area contributed by atoms with Gasteiger partial charge in [0, 0.05) is 6.54 Å². The van der Waals surface area contributed by atoms with Crippen LogP contribution in [-0.2, 0) is 43.6 Å².